The highest BCUT2D eigenvalue weighted by atomic mass is 16.5. The van der Waals surface area contributed by atoms with Gasteiger partial charge >= 0.3 is 0 Å². The molecule has 4 heterocycles. The van der Waals surface area contributed by atoms with Gasteiger partial charge < -0.3 is 14.7 Å². The Kier molecular flexibility index (Phi) is 8.66. The van der Waals surface area contributed by atoms with Gasteiger partial charge in [-0.2, -0.15) is 0 Å². The van der Waals surface area contributed by atoms with E-state index in [1.165, 1.54) is 27.8 Å². The first-order chi connectivity index (χ1) is 27.8. The molecule has 0 spiro atoms. The number of nitrogens with zero attached hydrogens (tertiary/aromatic N) is 3. The maximum Gasteiger partial charge on any atom is 0.262 e. The number of benzene rings is 5. The zero-order valence-electron chi connectivity index (χ0n) is 31.4. The Morgan fingerprint density at radius 1 is 0.702 bits per heavy atom. The monoisotopic (exact) mass is 758 g/mol. The van der Waals surface area contributed by atoms with Gasteiger partial charge in [0.25, 0.3) is 11.8 Å². The fraction of sp³-hybridized carbons (Fsp3) is 0.277. The van der Waals surface area contributed by atoms with Crippen LogP contribution in [0.2, 0.25) is 0 Å². The number of fused-ring (bicyclic) bond motifs is 3. The highest BCUT2D eigenvalue weighted by molar-refractivity contribution is 6.23. The molecule has 2 saturated heterocycles. The quantitative estimate of drug-likeness (QED) is 0.174. The van der Waals surface area contributed by atoms with Gasteiger partial charge in [0.1, 0.15) is 23.6 Å². The largest absolute Gasteiger partial charge is 0.508 e. The number of imide groups is 2. The molecule has 2 fully saturated rings. The van der Waals surface area contributed by atoms with Gasteiger partial charge in [-0.15, -0.1) is 0 Å². The Bertz CT molecular complexity index is 2380. The maximum absolute atomic E-state index is 13.3. The predicted octanol–water partition coefficient (Wildman–Crippen LogP) is 6.44. The van der Waals surface area contributed by atoms with Crippen molar-refractivity contribution in [2.75, 3.05) is 18.0 Å². The number of piperidine rings is 1. The molecule has 57 heavy (non-hydrogen) atoms. The molecule has 286 valence electrons. The van der Waals surface area contributed by atoms with Crippen molar-refractivity contribution in [2.45, 2.75) is 69.3 Å². The third-order valence-electron chi connectivity index (χ3n) is 12.5. The zero-order chi connectivity index (χ0) is 38.8. The third-order valence-corrected chi connectivity index (χ3v) is 12.5. The van der Waals surface area contributed by atoms with E-state index in [0.29, 0.717) is 35.9 Å². The number of ether oxygens (including phenoxy) is 1. The van der Waals surface area contributed by atoms with E-state index in [4.69, 9.17) is 4.74 Å². The lowest BCUT2D eigenvalue weighted by atomic mass is 9.69. The van der Waals surface area contributed by atoms with Crippen molar-refractivity contribution in [1.82, 2.24) is 15.1 Å². The van der Waals surface area contributed by atoms with Gasteiger partial charge in [0.05, 0.1) is 24.2 Å². The second-order valence-corrected chi connectivity index (χ2v) is 16.1. The molecule has 10 heteroatoms. The van der Waals surface area contributed by atoms with Crippen LogP contribution in [0.25, 0.3) is 0 Å². The molecule has 0 aromatic heterocycles. The van der Waals surface area contributed by atoms with E-state index >= 15 is 0 Å². The lowest BCUT2D eigenvalue weighted by Crippen LogP contribution is -2.54. The number of hydrogen-bond donors (Lipinski definition) is 2. The van der Waals surface area contributed by atoms with Crippen molar-refractivity contribution in [2.24, 2.45) is 0 Å². The summed E-state index contributed by atoms with van der Waals surface area (Å²) in [5, 5.41) is 12.4. The van der Waals surface area contributed by atoms with Crippen molar-refractivity contribution in [1.29, 1.82) is 0 Å². The summed E-state index contributed by atoms with van der Waals surface area (Å²) in [7, 11) is 0. The molecule has 5 aliphatic rings. The number of hydrogen-bond acceptors (Lipinski definition) is 8. The van der Waals surface area contributed by atoms with Crippen molar-refractivity contribution < 1.29 is 29.0 Å². The van der Waals surface area contributed by atoms with Crippen molar-refractivity contribution in [3.63, 3.8) is 0 Å². The standard InChI is InChI=1S/C47H42N4O6/c52-35-13-17-39-31(20-35)10-16-38(29-4-2-1-3-5-29)44(39)30-8-14-36(15-9-30)57-37-26-50(27-37)34-11-6-28(7-12-34)23-49-24-32-21-40-41(22-33(32)25-49)47(56)51(46(40)55)42-18-19-43(53)48-45(42)54/h1-9,11-15,17,20-22,37-38,42,44,52H,10,16,18-19,23-27H2,(H,48,53,54)/t38-,42?,44+/m1/s1. The summed E-state index contributed by atoms with van der Waals surface area (Å²) in [6.07, 6.45) is 2.32. The molecule has 4 aliphatic heterocycles. The van der Waals surface area contributed by atoms with Crippen molar-refractivity contribution in [3.05, 3.63) is 159 Å². The highest BCUT2D eigenvalue weighted by Gasteiger charge is 2.45. The Balaban J connectivity index is 0.741. The van der Waals surface area contributed by atoms with Crippen LogP contribution in [-0.2, 0) is 35.6 Å². The lowest BCUT2D eigenvalue weighted by molar-refractivity contribution is -0.136. The average Bonchev–Trinajstić information content (AvgIpc) is 3.71. The number of nitrogens with one attached hydrogen (secondary N) is 1. The summed E-state index contributed by atoms with van der Waals surface area (Å²) in [6, 6.07) is 36.5. The van der Waals surface area contributed by atoms with E-state index in [-0.39, 0.29) is 30.8 Å². The molecule has 5 aromatic rings. The van der Waals surface area contributed by atoms with Gasteiger partial charge in [0.2, 0.25) is 11.8 Å². The third kappa shape index (κ3) is 6.43. The highest BCUT2D eigenvalue weighted by Crippen LogP contribution is 2.47. The molecule has 5 aromatic carbocycles. The van der Waals surface area contributed by atoms with E-state index in [2.05, 4.69) is 100 Å². The average molecular weight is 759 g/mol. The number of aryl methyl sites for hydroxylation is 1. The van der Waals surface area contributed by atoms with Crippen LogP contribution in [0.4, 0.5) is 5.69 Å². The summed E-state index contributed by atoms with van der Waals surface area (Å²) in [4.78, 5) is 56.3. The van der Waals surface area contributed by atoms with Crippen LogP contribution in [0.5, 0.6) is 11.5 Å². The SMILES string of the molecule is O=C1CCC(N2C(=O)c3cc4c(cc3C2=O)CN(Cc2ccc(N3CC(Oc5ccc([C@@H]6c7ccc(O)cc7CC[C@@H]6c6ccccc6)cc5)C3)cc2)C4)C(=O)N1. The number of carbonyl (C=O) groups is 4. The van der Waals surface area contributed by atoms with Crippen LogP contribution in [-0.4, -0.2) is 63.8 Å². The van der Waals surface area contributed by atoms with E-state index < -0.39 is 23.8 Å². The van der Waals surface area contributed by atoms with Crippen molar-refractivity contribution in [3.8, 4) is 11.5 Å². The Labute approximate surface area is 330 Å². The molecular weight excluding hydrogens is 717 g/mol. The van der Waals surface area contributed by atoms with Crippen LogP contribution in [0, 0.1) is 0 Å². The number of phenolic OH excluding ortho intramolecular Hbond substituents is 1. The maximum atomic E-state index is 13.3. The Morgan fingerprint density at radius 2 is 1.40 bits per heavy atom. The smallest absolute Gasteiger partial charge is 0.262 e. The van der Waals surface area contributed by atoms with E-state index in [0.717, 1.165) is 59.9 Å². The summed E-state index contributed by atoms with van der Waals surface area (Å²) in [6.45, 7) is 3.65. The van der Waals surface area contributed by atoms with E-state index in [1.807, 2.05) is 12.1 Å². The number of aromatic hydroxyl groups is 1. The van der Waals surface area contributed by atoms with Crippen LogP contribution < -0.4 is 15.0 Å². The minimum atomic E-state index is -0.963. The first-order valence-electron chi connectivity index (χ1n) is 19.8. The summed E-state index contributed by atoms with van der Waals surface area (Å²) in [5.74, 6) is -0.185. The number of carbonyl (C=O) groups excluding carboxylic acids is 4. The second kappa shape index (κ2) is 14.0. The number of anilines is 1. The second-order valence-electron chi connectivity index (χ2n) is 16.1. The normalized spacial score (nSPS) is 21.9. The topological polar surface area (TPSA) is 119 Å². The molecule has 10 rings (SSSR count). The zero-order valence-corrected chi connectivity index (χ0v) is 31.4. The minimum Gasteiger partial charge on any atom is -0.508 e. The number of phenols is 1. The summed E-state index contributed by atoms with van der Waals surface area (Å²) < 4.78 is 6.42. The Morgan fingerprint density at radius 3 is 2.09 bits per heavy atom. The number of amides is 4. The first kappa shape index (κ1) is 35.2. The molecule has 4 amide bonds. The van der Waals surface area contributed by atoms with Gasteiger partial charge in [0, 0.05) is 37.7 Å². The lowest BCUT2D eigenvalue weighted by Gasteiger charge is -2.41. The fourth-order valence-electron chi connectivity index (χ4n) is 9.57. The summed E-state index contributed by atoms with van der Waals surface area (Å²) in [5.41, 5.74) is 10.1. The van der Waals surface area contributed by atoms with Gasteiger partial charge in [-0.1, -0.05) is 60.7 Å². The van der Waals surface area contributed by atoms with Crippen LogP contribution in [0.3, 0.4) is 0 Å². The molecule has 0 saturated carbocycles. The molecule has 10 nitrogen and oxygen atoms in total. The van der Waals surface area contributed by atoms with Gasteiger partial charge in [-0.25, -0.2) is 0 Å². The van der Waals surface area contributed by atoms with E-state index in [1.54, 1.807) is 12.1 Å². The van der Waals surface area contributed by atoms with Crippen LogP contribution >= 0.6 is 0 Å². The van der Waals surface area contributed by atoms with Gasteiger partial charge in [-0.3, -0.25) is 34.3 Å². The Hall–Kier alpha value is -6.26. The first-order valence-corrected chi connectivity index (χ1v) is 19.8. The van der Waals surface area contributed by atoms with Gasteiger partial charge in [0.15, 0.2) is 0 Å². The molecule has 3 atom stereocenters. The predicted molar refractivity (Wildman–Crippen MR) is 213 cm³/mol. The molecule has 1 unspecified atom stereocenters. The van der Waals surface area contributed by atoms with Crippen LogP contribution in [0.15, 0.2) is 109 Å². The van der Waals surface area contributed by atoms with Crippen LogP contribution in [0.1, 0.15) is 90.8 Å². The molecule has 1 aliphatic carbocycles. The molecule has 2 N–H and O–H groups in total. The number of rotatable bonds is 8. The molecule has 0 bridgehead atoms. The fourth-order valence-corrected chi connectivity index (χ4v) is 9.57. The molecular formula is C47H42N4O6. The van der Waals surface area contributed by atoms with Crippen molar-refractivity contribution >= 4 is 29.3 Å². The minimum absolute atomic E-state index is 0.0981. The summed E-state index contributed by atoms with van der Waals surface area (Å²) >= 11 is 0. The molecule has 0 radical (unpaired) electrons. The van der Waals surface area contributed by atoms with E-state index in [9.17, 15) is 24.3 Å². The van der Waals surface area contributed by atoms with Gasteiger partial charge in [-0.05, 0) is 113 Å².